The van der Waals surface area contributed by atoms with Gasteiger partial charge in [0.15, 0.2) is 0 Å². The van der Waals surface area contributed by atoms with Crippen LogP contribution in [-0.4, -0.2) is 37.3 Å². The molecular weight excluding hydrogens is 392 g/mol. The summed E-state index contributed by atoms with van der Waals surface area (Å²) < 4.78 is 28.1. The summed E-state index contributed by atoms with van der Waals surface area (Å²) in [5.41, 5.74) is 1.04. The molecule has 1 atom stereocenters. The second-order valence-corrected chi connectivity index (χ2v) is 9.87. The van der Waals surface area contributed by atoms with Gasteiger partial charge in [-0.25, -0.2) is 18.4 Å². The Hall–Kier alpha value is -2.03. The number of sulfonamides is 1. The molecule has 2 aromatic heterocycles. The van der Waals surface area contributed by atoms with Crippen molar-refractivity contribution in [2.45, 2.75) is 37.6 Å². The van der Waals surface area contributed by atoms with Crippen LogP contribution in [0.15, 0.2) is 47.5 Å². The number of para-hydroxylation sites is 1. The highest BCUT2D eigenvalue weighted by atomic mass is 32.2. The van der Waals surface area contributed by atoms with Gasteiger partial charge in [0.05, 0.1) is 16.8 Å². The Morgan fingerprint density at radius 3 is 2.68 bits per heavy atom. The number of aromatic amines is 1. The predicted molar refractivity (Wildman–Crippen MR) is 112 cm³/mol. The minimum Gasteiger partial charge on any atom is -0.252 e. The zero-order chi connectivity index (χ0) is 19.7. The third-order valence-electron chi connectivity index (χ3n) is 5.27. The summed E-state index contributed by atoms with van der Waals surface area (Å²) in [7, 11) is -3.45. The first-order valence-electron chi connectivity index (χ1n) is 9.68. The van der Waals surface area contributed by atoms with E-state index in [2.05, 4.69) is 16.0 Å². The number of hydrogen-bond donors (Lipinski definition) is 0. The number of nitrogens with one attached hydrogen (secondary N) is 1. The largest absolute Gasteiger partial charge is 0.274 e. The number of nitrogens with zero attached hydrogens (tertiary/aromatic N) is 3. The molecule has 1 aliphatic rings. The monoisotopic (exact) mass is 417 g/mol. The second-order valence-electron chi connectivity index (χ2n) is 6.87. The number of hydrogen-bond acceptors (Lipinski definition) is 5. The van der Waals surface area contributed by atoms with Crippen molar-refractivity contribution in [3.05, 3.63) is 47.6 Å². The van der Waals surface area contributed by atoms with Crippen LogP contribution in [0.4, 0.5) is 5.82 Å². The van der Waals surface area contributed by atoms with Gasteiger partial charge in [-0.05, 0) is 31.0 Å². The van der Waals surface area contributed by atoms with E-state index in [0.29, 0.717) is 18.0 Å². The third kappa shape index (κ3) is 3.40. The molecule has 1 N–H and O–H groups in total. The molecule has 0 unspecified atom stereocenters. The summed E-state index contributed by atoms with van der Waals surface area (Å²) >= 11 is 1.74. The van der Waals surface area contributed by atoms with Gasteiger partial charge in [0.2, 0.25) is 10.0 Å². The fourth-order valence-electron chi connectivity index (χ4n) is 3.80. The fourth-order valence-corrected chi connectivity index (χ4v) is 6.34. The molecule has 1 fully saturated rings. The van der Waals surface area contributed by atoms with Crippen molar-refractivity contribution in [1.82, 2.24) is 9.29 Å². The molecule has 6 nitrogen and oxygen atoms in total. The molecule has 3 aromatic rings. The maximum absolute atomic E-state index is 12.7. The van der Waals surface area contributed by atoms with Gasteiger partial charge in [-0.2, -0.15) is 4.31 Å². The summed E-state index contributed by atoms with van der Waals surface area (Å²) in [6.07, 6.45) is 3.75. The zero-order valence-corrected chi connectivity index (χ0v) is 17.8. The van der Waals surface area contributed by atoms with Crippen LogP contribution >= 0.6 is 11.3 Å². The lowest BCUT2D eigenvalue weighted by Crippen LogP contribution is -2.32. The van der Waals surface area contributed by atoms with Gasteiger partial charge in [0, 0.05) is 19.2 Å². The Morgan fingerprint density at radius 2 is 2.00 bits per heavy atom. The van der Waals surface area contributed by atoms with Crippen LogP contribution in [0.5, 0.6) is 0 Å². The van der Waals surface area contributed by atoms with Crippen LogP contribution in [0.2, 0.25) is 0 Å². The summed E-state index contributed by atoms with van der Waals surface area (Å²) in [6, 6.07) is 12.0. The first-order chi connectivity index (χ1) is 13.5. The van der Waals surface area contributed by atoms with Crippen LogP contribution < -0.4 is 9.88 Å². The SMILES string of the molecule is CCN(CC)S(=O)(=O)c1ccc(N2CCC[C@H]2c2nc3ccccc3s2)[nH+]c1. The highest BCUT2D eigenvalue weighted by molar-refractivity contribution is 7.89. The third-order valence-corrected chi connectivity index (χ3v) is 8.45. The van der Waals surface area contributed by atoms with Gasteiger partial charge in [-0.1, -0.05) is 26.0 Å². The Bertz CT molecular complexity index is 1030. The summed E-state index contributed by atoms with van der Waals surface area (Å²) in [4.78, 5) is 10.7. The van der Waals surface area contributed by atoms with E-state index < -0.39 is 10.0 Å². The number of anilines is 1. The summed E-state index contributed by atoms with van der Waals surface area (Å²) in [5.74, 6) is 0.931. The molecule has 0 saturated carbocycles. The highest BCUT2D eigenvalue weighted by Gasteiger charge is 2.36. The molecule has 8 heteroatoms. The number of aromatic nitrogens is 2. The van der Waals surface area contributed by atoms with Gasteiger partial charge in [0.25, 0.3) is 5.82 Å². The van der Waals surface area contributed by atoms with Crippen LogP contribution in [0.25, 0.3) is 10.2 Å². The minimum absolute atomic E-state index is 0.221. The molecule has 148 valence electrons. The van der Waals surface area contributed by atoms with Crippen LogP contribution in [-0.2, 0) is 10.0 Å². The molecule has 1 aromatic carbocycles. The standard InChI is InChI=1S/C20H24N4O2S2/c1-3-23(4-2)28(25,26)15-11-12-19(21-14-15)24-13-7-9-17(24)20-22-16-8-5-6-10-18(16)27-20/h5-6,8,10-12,14,17H,3-4,7,9,13H2,1-2H3/p+1/t17-/m0/s1. The first-order valence-corrected chi connectivity index (χ1v) is 11.9. The van der Waals surface area contributed by atoms with Crippen LogP contribution in [0, 0.1) is 0 Å². The van der Waals surface area contributed by atoms with Crippen molar-refractivity contribution in [2.24, 2.45) is 0 Å². The molecule has 0 bridgehead atoms. The average Bonchev–Trinajstić information content (AvgIpc) is 3.35. The van der Waals surface area contributed by atoms with Crippen molar-refractivity contribution in [3.8, 4) is 0 Å². The quantitative estimate of drug-likeness (QED) is 0.616. The Labute approximate surface area is 169 Å². The molecule has 0 amide bonds. The van der Waals surface area contributed by atoms with E-state index in [9.17, 15) is 8.42 Å². The molecule has 0 radical (unpaired) electrons. The number of fused-ring (bicyclic) bond motifs is 1. The van der Waals surface area contributed by atoms with Gasteiger partial charge < -0.3 is 0 Å². The summed E-state index contributed by atoms with van der Waals surface area (Å²) in [6.45, 7) is 5.57. The lowest BCUT2D eigenvalue weighted by molar-refractivity contribution is -0.367. The number of rotatable bonds is 6. The van der Waals surface area contributed by atoms with E-state index in [0.717, 1.165) is 35.7 Å². The zero-order valence-electron chi connectivity index (χ0n) is 16.1. The number of pyridine rings is 1. The van der Waals surface area contributed by atoms with Crippen molar-refractivity contribution in [3.63, 3.8) is 0 Å². The van der Waals surface area contributed by atoms with Crippen molar-refractivity contribution >= 4 is 37.4 Å². The van der Waals surface area contributed by atoms with E-state index in [-0.39, 0.29) is 6.04 Å². The van der Waals surface area contributed by atoms with E-state index in [4.69, 9.17) is 4.98 Å². The fraction of sp³-hybridized carbons (Fsp3) is 0.400. The van der Waals surface area contributed by atoms with E-state index in [1.54, 1.807) is 23.6 Å². The molecule has 1 aliphatic heterocycles. The topological polar surface area (TPSA) is 67.7 Å². The highest BCUT2D eigenvalue weighted by Crippen LogP contribution is 2.38. The predicted octanol–water partition coefficient (Wildman–Crippen LogP) is 3.48. The van der Waals surface area contributed by atoms with E-state index in [1.165, 1.54) is 9.01 Å². The number of H-pyrrole nitrogens is 1. The van der Waals surface area contributed by atoms with Gasteiger partial charge in [-0.15, -0.1) is 11.3 Å². The number of benzene rings is 1. The first kappa shape index (κ1) is 19.3. The van der Waals surface area contributed by atoms with Gasteiger partial charge >= 0.3 is 0 Å². The summed E-state index contributed by atoms with van der Waals surface area (Å²) in [5, 5.41) is 1.12. The molecular formula is C20H25N4O2S2+. The lowest BCUT2D eigenvalue weighted by Gasteiger charge is -2.19. The minimum atomic E-state index is -3.45. The molecule has 4 rings (SSSR count). The second kappa shape index (κ2) is 7.77. The Balaban J connectivity index is 1.61. The maximum Gasteiger partial charge on any atom is 0.274 e. The molecule has 0 aliphatic carbocycles. The number of thiazole rings is 1. The van der Waals surface area contributed by atoms with Crippen molar-refractivity contribution in [2.75, 3.05) is 24.5 Å². The lowest BCUT2D eigenvalue weighted by atomic mass is 10.2. The maximum atomic E-state index is 12.7. The Kier molecular flexibility index (Phi) is 5.35. The van der Waals surface area contributed by atoms with E-state index in [1.807, 2.05) is 38.1 Å². The van der Waals surface area contributed by atoms with Crippen LogP contribution in [0.3, 0.4) is 0 Å². The average molecular weight is 418 g/mol. The van der Waals surface area contributed by atoms with Gasteiger partial charge in [0.1, 0.15) is 22.1 Å². The Morgan fingerprint density at radius 1 is 1.21 bits per heavy atom. The van der Waals surface area contributed by atoms with E-state index >= 15 is 0 Å². The van der Waals surface area contributed by atoms with Gasteiger partial charge in [-0.3, -0.25) is 4.90 Å². The molecule has 28 heavy (non-hydrogen) atoms. The van der Waals surface area contributed by atoms with Crippen molar-refractivity contribution < 1.29 is 13.4 Å². The van der Waals surface area contributed by atoms with Crippen molar-refractivity contribution in [1.29, 1.82) is 0 Å². The van der Waals surface area contributed by atoms with Crippen LogP contribution in [0.1, 0.15) is 37.7 Å². The molecule has 1 saturated heterocycles. The normalized spacial score (nSPS) is 17.7. The molecule has 3 heterocycles. The smallest absolute Gasteiger partial charge is 0.252 e. The molecule has 0 spiro atoms.